The van der Waals surface area contributed by atoms with Crippen molar-refractivity contribution in [3.8, 4) is 39.3 Å². The zero-order valence-electron chi connectivity index (χ0n) is 30.9. The van der Waals surface area contributed by atoms with E-state index in [0.29, 0.717) is 0 Å². The molecule has 3 nitrogen and oxygen atoms in total. The zero-order chi connectivity index (χ0) is 38.1. The van der Waals surface area contributed by atoms with Crippen LogP contribution in [0.5, 0.6) is 5.75 Å². The van der Waals surface area contributed by atoms with Crippen molar-refractivity contribution in [3.63, 3.8) is 0 Å². The third kappa shape index (κ3) is 6.98. The van der Waals surface area contributed by atoms with Gasteiger partial charge in [0.1, 0.15) is 5.75 Å². The van der Waals surface area contributed by atoms with Crippen molar-refractivity contribution in [2.24, 2.45) is 0 Å². The van der Waals surface area contributed by atoms with Crippen LogP contribution in [0.3, 0.4) is 0 Å². The van der Waals surface area contributed by atoms with Gasteiger partial charge >= 0.3 is 0 Å². The van der Waals surface area contributed by atoms with Gasteiger partial charge in [-0.15, -0.1) is 51.8 Å². The van der Waals surface area contributed by atoms with Crippen LogP contribution >= 0.6 is 0 Å². The van der Waals surface area contributed by atoms with Gasteiger partial charge in [-0.05, 0) is 75.1 Å². The zero-order valence-corrected chi connectivity index (χ0v) is 34.9. The van der Waals surface area contributed by atoms with Gasteiger partial charge in [-0.2, -0.15) is 24.3 Å². The molecule has 0 bridgehead atoms. The molecule has 0 saturated heterocycles. The minimum absolute atomic E-state index is 0. The molecule has 2 aromatic heterocycles. The van der Waals surface area contributed by atoms with Crippen LogP contribution in [-0.4, -0.2) is 14.7 Å². The molecule has 0 fully saturated rings. The summed E-state index contributed by atoms with van der Waals surface area (Å²) in [6.45, 7) is 2.13. The Balaban J connectivity index is 0.000000161. The van der Waals surface area contributed by atoms with Gasteiger partial charge in [-0.25, -0.2) is 0 Å². The molecule has 0 N–H and O–H groups in total. The molecule has 6 heteroatoms. The first-order chi connectivity index (χ1) is 27.5. The number of aryl methyl sites for hydroxylation is 1. The Morgan fingerprint density at radius 3 is 2.00 bits per heavy atom. The average molecular weight is 947 g/mol. The predicted octanol–water partition coefficient (Wildman–Crippen LogP) is 11.8. The molecule has 0 saturated carbocycles. The summed E-state index contributed by atoms with van der Waals surface area (Å²) in [6, 6.07) is 67.0. The number of fused-ring (bicyclic) bond motifs is 5. The average Bonchev–Trinajstić information content (AvgIpc) is 3.56. The first-order valence-electron chi connectivity index (χ1n) is 18.5. The normalized spacial score (nSPS) is 14.0. The number of pyridine rings is 2. The maximum absolute atomic E-state index is 5.84. The number of hydrogen-bond acceptors (Lipinski definition) is 5. The molecule has 10 rings (SSSR count). The molecule has 279 valence electrons. The fourth-order valence-corrected chi connectivity index (χ4v) is 8.38. The van der Waals surface area contributed by atoms with Crippen molar-refractivity contribution in [3.05, 3.63) is 222 Å². The minimum atomic E-state index is -0.699. The van der Waals surface area contributed by atoms with Crippen LogP contribution in [-0.2, 0) is 50.8 Å². The molecule has 7 aromatic carbocycles. The van der Waals surface area contributed by atoms with E-state index in [1.807, 2.05) is 72.9 Å². The summed E-state index contributed by atoms with van der Waals surface area (Å²) in [5.41, 5.74) is 11.2. The predicted molar refractivity (Wildman–Crippen MR) is 233 cm³/mol. The summed E-state index contributed by atoms with van der Waals surface area (Å²) < 4.78 is 5.14. The second-order valence-corrected chi connectivity index (χ2v) is 14.9. The van der Waals surface area contributed by atoms with E-state index in [-0.39, 0.29) is 20.1 Å². The summed E-state index contributed by atoms with van der Waals surface area (Å²) in [5, 5.41) is 4.72. The molecule has 1 atom stereocenters. The third-order valence-corrected chi connectivity index (χ3v) is 10.7. The molecule has 1 aliphatic rings. The van der Waals surface area contributed by atoms with E-state index in [9.17, 15) is 0 Å². The Labute approximate surface area is 358 Å². The molecule has 1 radical (unpaired) electrons. The topological polar surface area (TPSA) is 35.0 Å². The van der Waals surface area contributed by atoms with Gasteiger partial charge in [0.2, 0.25) is 0 Å². The van der Waals surface area contributed by atoms with E-state index in [4.69, 9.17) is 40.0 Å². The number of hydrogen-bond donors (Lipinski definition) is 0. The molecule has 9 aromatic rings. The van der Waals surface area contributed by atoms with Gasteiger partial charge in [-0.1, -0.05) is 115 Å². The summed E-state index contributed by atoms with van der Waals surface area (Å²) in [4.78, 5) is 10.0. The second-order valence-electron chi connectivity index (χ2n) is 13.7. The first kappa shape index (κ1) is 38.4. The fourth-order valence-electron chi connectivity index (χ4n) is 8.17. The summed E-state index contributed by atoms with van der Waals surface area (Å²) in [5.74, 6) is 0.744. The number of aromatic nitrogens is 2. The van der Waals surface area contributed by atoms with Gasteiger partial charge in [0, 0.05) is 37.6 Å². The Morgan fingerprint density at radius 2 is 1.25 bits per heavy atom. The van der Waals surface area contributed by atoms with Gasteiger partial charge < -0.3 is 30.0 Å². The third-order valence-electron chi connectivity index (χ3n) is 10.5. The van der Waals surface area contributed by atoms with Gasteiger partial charge in [0.05, 0.1) is 11.1 Å². The Bertz CT molecular complexity index is 2800. The molecule has 0 amide bonds. The molecule has 2 heterocycles. The van der Waals surface area contributed by atoms with Crippen molar-refractivity contribution in [1.82, 2.24) is 9.97 Å². The number of nitrogens with zero attached hydrogens (tertiary/aromatic N) is 2. The number of ether oxygens (including phenoxy) is 1. The van der Waals surface area contributed by atoms with Gasteiger partial charge in [-0.3, -0.25) is 9.97 Å². The maximum atomic E-state index is 5.84. The van der Waals surface area contributed by atoms with Crippen LogP contribution in [0.1, 0.15) is 28.1 Å². The molecular formula is C51H34IrN2OS2-4. The Morgan fingerprint density at radius 1 is 0.579 bits per heavy atom. The van der Waals surface area contributed by atoms with Crippen LogP contribution in [0, 0.1) is 19.1 Å². The molecule has 0 spiro atoms. The minimum Gasteiger partial charge on any atom is -0.775 e. The Kier molecular flexibility index (Phi) is 11.1. The van der Waals surface area contributed by atoms with E-state index in [1.165, 1.54) is 44.0 Å². The van der Waals surface area contributed by atoms with Crippen LogP contribution in [0.15, 0.2) is 182 Å². The molecule has 0 unspecified atom stereocenters. The molecule has 57 heavy (non-hydrogen) atoms. The smallest absolute Gasteiger partial charge is 0.122 e. The van der Waals surface area contributed by atoms with Crippen LogP contribution in [0.4, 0.5) is 0 Å². The summed E-state index contributed by atoms with van der Waals surface area (Å²) in [6.07, 6.45) is 1.86. The van der Waals surface area contributed by atoms with E-state index in [2.05, 4.69) is 128 Å². The van der Waals surface area contributed by atoms with Crippen molar-refractivity contribution >= 4 is 46.8 Å². The molecular weight excluding hydrogens is 913 g/mol. The summed E-state index contributed by atoms with van der Waals surface area (Å²) in [7, 11) is 0. The van der Waals surface area contributed by atoms with Crippen LogP contribution in [0.2, 0.25) is 0 Å². The summed E-state index contributed by atoms with van der Waals surface area (Å²) >= 11 is 10.2. The van der Waals surface area contributed by atoms with E-state index >= 15 is 0 Å². The van der Waals surface area contributed by atoms with Crippen molar-refractivity contribution < 1.29 is 24.8 Å². The SMILES string of the molecule is Cc1ccc2ccccc2c1-c1c(OC([S-])[S-])ccc2ccccc12.[Ir].[c-]1ccccc1-c1cccc([C@]2(c3ccccn3)c3[c-]cccc3-c3ccccc32)n1. The van der Waals surface area contributed by atoms with Gasteiger partial charge in [0.25, 0.3) is 0 Å². The largest absolute Gasteiger partial charge is 0.775 e. The quantitative estimate of drug-likeness (QED) is 0.123. The van der Waals surface area contributed by atoms with Crippen molar-refractivity contribution in [1.29, 1.82) is 0 Å². The Hall–Kier alpha value is -5.49. The van der Waals surface area contributed by atoms with Crippen molar-refractivity contribution in [2.75, 3.05) is 0 Å². The van der Waals surface area contributed by atoms with Gasteiger partial charge in [0.15, 0.2) is 0 Å². The number of rotatable bonds is 6. The van der Waals surface area contributed by atoms with E-state index in [0.717, 1.165) is 44.9 Å². The molecule has 0 aliphatic heterocycles. The standard InChI is InChI=1S/C29H18N2.C22H18OS2.Ir/c1-2-11-21(12-3-1)26-17-10-19-28(31-26)29(27-18-8-9-20-30-27)24-15-6-4-13-22(24)23-14-5-7-16-25(23)29;1-14-10-11-15-6-2-4-8-17(15)20(14)21-18-9-5-3-7-16(18)12-13-19(21)23-22(24)25;/h1-11,13-15,17-20H;2-13,22,24-25H,1H3;/q-2;;/p-2/t29-;;/m0../s1. The van der Waals surface area contributed by atoms with E-state index in [1.54, 1.807) is 0 Å². The van der Waals surface area contributed by atoms with Crippen LogP contribution in [0.25, 0.3) is 55.1 Å². The van der Waals surface area contributed by atoms with Crippen LogP contribution < -0.4 is 4.74 Å². The fraction of sp³-hybridized carbons (Fsp3) is 0.0588. The van der Waals surface area contributed by atoms with Crippen molar-refractivity contribution in [2.45, 2.75) is 17.1 Å². The maximum Gasteiger partial charge on any atom is 0.122 e. The second kappa shape index (κ2) is 16.5. The molecule has 1 aliphatic carbocycles. The first-order valence-corrected chi connectivity index (χ1v) is 19.4. The number of benzene rings is 7. The van der Waals surface area contributed by atoms with E-state index < -0.39 is 10.2 Å². The monoisotopic (exact) mass is 947 g/mol.